The van der Waals surface area contributed by atoms with Crippen molar-refractivity contribution in [3.05, 3.63) is 85.6 Å². The van der Waals surface area contributed by atoms with Crippen molar-refractivity contribution in [2.45, 2.75) is 13.1 Å². The lowest BCUT2D eigenvalue weighted by molar-refractivity contribution is -0.390. The minimum Gasteiger partial charge on any atom is -0.454 e. The molecule has 1 N–H and O–H groups in total. The van der Waals surface area contributed by atoms with Crippen LogP contribution in [0.15, 0.2) is 57.8 Å². The molecule has 0 spiro atoms. The topological polar surface area (TPSA) is 134 Å². The van der Waals surface area contributed by atoms with Crippen LogP contribution in [0.3, 0.4) is 0 Å². The fourth-order valence-electron chi connectivity index (χ4n) is 2.75. The molecule has 0 saturated heterocycles. The highest BCUT2D eigenvalue weighted by molar-refractivity contribution is 9.10. The van der Waals surface area contributed by atoms with Crippen LogP contribution in [0.4, 0.5) is 11.8 Å². The SMILES string of the molecule is O=C(Nc1ncn(Cc2cccc(Cl)c2)n1)c1ccc(Cn2cc(Br)c([N+](=O)[O-])n2)o1. The number of carbonyl (C=O) groups excluding carboxylic acids is 1. The molecule has 0 fully saturated rings. The van der Waals surface area contributed by atoms with Crippen molar-refractivity contribution in [3.63, 3.8) is 0 Å². The monoisotopic (exact) mass is 505 g/mol. The molecular weight excluding hydrogens is 494 g/mol. The molecule has 0 aliphatic carbocycles. The maximum Gasteiger partial charge on any atom is 0.404 e. The molecule has 0 bridgehead atoms. The normalized spacial score (nSPS) is 10.9. The summed E-state index contributed by atoms with van der Waals surface area (Å²) < 4.78 is 8.67. The van der Waals surface area contributed by atoms with E-state index < -0.39 is 10.8 Å². The number of amides is 1. The van der Waals surface area contributed by atoms with Crippen molar-refractivity contribution in [3.8, 4) is 0 Å². The summed E-state index contributed by atoms with van der Waals surface area (Å²) in [7, 11) is 0. The van der Waals surface area contributed by atoms with E-state index in [1.165, 1.54) is 23.3 Å². The lowest BCUT2D eigenvalue weighted by Crippen LogP contribution is -2.12. The smallest absolute Gasteiger partial charge is 0.404 e. The number of hydrogen-bond donors (Lipinski definition) is 1. The summed E-state index contributed by atoms with van der Waals surface area (Å²) in [5.41, 5.74) is 0.941. The minimum atomic E-state index is -0.597. The van der Waals surface area contributed by atoms with Gasteiger partial charge in [0.05, 0.1) is 17.8 Å². The Morgan fingerprint density at radius 3 is 2.81 bits per heavy atom. The summed E-state index contributed by atoms with van der Waals surface area (Å²) >= 11 is 9.06. The Hall–Kier alpha value is -3.51. The Balaban J connectivity index is 1.38. The van der Waals surface area contributed by atoms with Crippen molar-refractivity contribution in [1.82, 2.24) is 24.5 Å². The standard InChI is InChI=1S/C18H13BrClN7O4/c19-14-9-25(23-16(14)27(29)30)8-13-4-5-15(31-13)17(28)22-18-21-10-26(24-18)7-11-2-1-3-12(20)6-11/h1-6,9-10H,7-8H2,(H,22,24,28). The van der Waals surface area contributed by atoms with Crippen molar-refractivity contribution in [2.24, 2.45) is 0 Å². The third-order valence-corrected chi connectivity index (χ3v) is 4.87. The van der Waals surface area contributed by atoms with E-state index in [1.54, 1.807) is 16.8 Å². The van der Waals surface area contributed by atoms with Gasteiger partial charge >= 0.3 is 5.82 Å². The van der Waals surface area contributed by atoms with Gasteiger partial charge in [0.15, 0.2) is 5.76 Å². The highest BCUT2D eigenvalue weighted by Gasteiger charge is 2.20. The van der Waals surface area contributed by atoms with Crippen molar-refractivity contribution < 1.29 is 14.1 Å². The maximum absolute atomic E-state index is 12.4. The molecule has 31 heavy (non-hydrogen) atoms. The average Bonchev–Trinajstić information content (AvgIpc) is 3.43. The van der Waals surface area contributed by atoms with E-state index in [1.807, 2.05) is 18.2 Å². The molecule has 0 aliphatic heterocycles. The van der Waals surface area contributed by atoms with Gasteiger partial charge in [-0.25, -0.2) is 9.67 Å². The Morgan fingerprint density at radius 2 is 2.06 bits per heavy atom. The second kappa shape index (κ2) is 8.70. The third-order valence-electron chi connectivity index (χ3n) is 4.07. The van der Waals surface area contributed by atoms with Gasteiger partial charge in [-0.3, -0.25) is 10.1 Å². The summed E-state index contributed by atoms with van der Waals surface area (Å²) in [5.74, 6) is -0.267. The first kappa shape index (κ1) is 20.8. The number of nitro groups is 1. The van der Waals surface area contributed by atoms with Crippen molar-refractivity contribution in [2.75, 3.05) is 5.32 Å². The molecule has 13 heteroatoms. The van der Waals surface area contributed by atoms with E-state index in [4.69, 9.17) is 16.0 Å². The number of nitrogens with one attached hydrogen (secondary N) is 1. The molecule has 11 nitrogen and oxygen atoms in total. The van der Waals surface area contributed by atoms with E-state index in [0.717, 1.165) is 5.56 Å². The Labute approximate surface area is 187 Å². The predicted octanol–water partition coefficient (Wildman–Crippen LogP) is 3.74. The number of anilines is 1. The average molecular weight is 507 g/mol. The lowest BCUT2D eigenvalue weighted by atomic mass is 10.2. The molecule has 4 aromatic rings. The van der Waals surface area contributed by atoms with Crippen molar-refractivity contribution in [1.29, 1.82) is 0 Å². The molecule has 0 aliphatic rings. The Bertz CT molecular complexity index is 1270. The molecule has 158 valence electrons. The minimum absolute atomic E-state index is 0.0434. The van der Waals surface area contributed by atoms with E-state index in [9.17, 15) is 14.9 Å². The van der Waals surface area contributed by atoms with Gasteiger partial charge in [0.1, 0.15) is 23.1 Å². The van der Waals surface area contributed by atoms with E-state index in [0.29, 0.717) is 17.3 Å². The number of halogens is 2. The molecule has 3 aromatic heterocycles. The second-order valence-corrected chi connectivity index (χ2v) is 7.66. The largest absolute Gasteiger partial charge is 0.454 e. The van der Waals surface area contributed by atoms with Gasteiger partial charge in [0.25, 0.3) is 5.91 Å². The first-order valence-electron chi connectivity index (χ1n) is 8.78. The number of carbonyl (C=O) groups is 1. The van der Waals surface area contributed by atoms with Gasteiger partial charge in [0, 0.05) is 5.02 Å². The Kier molecular flexibility index (Phi) is 5.82. The number of furan rings is 1. The number of benzene rings is 1. The molecular formula is C18H13BrClN7O4. The highest BCUT2D eigenvalue weighted by atomic mass is 79.9. The zero-order chi connectivity index (χ0) is 22.0. The van der Waals surface area contributed by atoms with Gasteiger partial charge in [-0.05, 0) is 50.7 Å². The van der Waals surface area contributed by atoms with Gasteiger partial charge < -0.3 is 14.5 Å². The van der Waals surface area contributed by atoms with Crippen LogP contribution in [0.25, 0.3) is 0 Å². The molecule has 0 radical (unpaired) electrons. The number of rotatable bonds is 7. The summed E-state index contributed by atoms with van der Waals surface area (Å²) in [6, 6.07) is 10.4. The van der Waals surface area contributed by atoms with Crippen LogP contribution < -0.4 is 5.32 Å². The number of hydrogen-bond acceptors (Lipinski definition) is 7. The fraction of sp³-hybridized carbons (Fsp3) is 0.111. The zero-order valence-corrected chi connectivity index (χ0v) is 17.9. The van der Waals surface area contributed by atoms with Crippen LogP contribution >= 0.6 is 27.5 Å². The van der Waals surface area contributed by atoms with Gasteiger partial charge in [0.2, 0.25) is 5.95 Å². The van der Waals surface area contributed by atoms with Crippen LogP contribution in [0.5, 0.6) is 0 Å². The van der Waals surface area contributed by atoms with Gasteiger partial charge in [-0.1, -0.05) is 23.7 Å². The van der Waals surface area contributed by atoms with Crippen LogP contribution in [-0.2, 0) is 13.1 Å². The summed E-state index contributed by atoms with van der Waals surface area (Å²) in [6.45, 7) is 0.562. The first-order chi connectivity index (χ1) is 14.9. The summed E-state index contributed by atoms with van der Waals surface area (Å²) in [4.78, 5) is 26.8. The van der Waals surface area contributed by atoms with Crippen LogP contribution in [0.1, 0.15) is 21.9 Å². The zero-order valence-electron chi connectivity index (χ0n) is 15.6. The lowest BCUT2D eigenvalue weighted by Gasteiger charge is -2.01. The Morgan fingerprint density at radius 1 is 1.23 bits per heavy atom. The summed E-state index contributed by atoms with van der Waals surface area (Å²) in [5, 5.41) is 22.1. The van der Waals surface area contributed by atoms with Crippen LogP contribution in [0.2, 0.25) is 5.02 Å². The molecule has 1 aromatic carbocycles. The highest BCUT2D eigenvalue weighted by Crippen LogP contribution is 2.23. The van der Waals surface area contributed by atoms with E-state index in [2.05, 4.69) is 36.4 Å². The first-order valence-corrected chi connectivity index (χ1v) is 9.96. The maximum atomic E-state index is 12.4. The number of nitrogens with zero attached hydrogens (tertiary/aromatic N) is 6. The molecule has 4 rings (SSSR count). The molecule has 3 heterocycles. The van der Waals surface area contributed by atoms with Crippen molar-refractivity contribution >= 4 is 45.2 Å². The molecule has 1 amide bonds. The van der Waals surface area contributed by atoms with Crippen LogP contribution in [0, 0.1) is 10.1 Å². The van der Waals surface area contributed by atoms with E-state index in [-0.39, 0.29) is 28.5 Å². The third kappa shape index (κ3) is 4.98. The predicted molar refractivity (Wildman–Crippen MR) is 113 cm³/mol. The quantitative estimate of drug-likeness (QED) is 0.298. The van der Waals surface area contributed by atoms with Crippen LogP contribution in [-0.4, -0.2) is 35.4 Å². The van der Waals surface area contributed by atoms with E-state index >= 15 is 0 Å². The number of aromatic nitrogens is 5. The molecule has 0 saturated carbocycles. The molecule has 0 atom stereocenters. The fourth-order valence-corrected chi connectivity index (χ4v) is 3.42. The van der Waals surface area contributed by atoms with Gasteiger partial charge in [-0.2, -0.15) is 4.68 Å². The summed E-state index contributed by atoms with van der Waals surface area (Å²) in [6.07, 6.45) is 2.95. The van der Waals surface area contributed by atoms with Gasteiger partial charge in [-0.15, -0.1) is 5.10 Å². The second-order valence-electron chi connectivity index (χ2n) is 6.37. The molecule has 0 unspecified atom stereocenters.